The molecule has 5 aromatic rings. The normalized spacial score (nSPS) is 12.2. The fourth-order valence-corrected chi connectivity index (χ4v) is 4.82. The van der Waals surface area contributed by atoms with Crippen LogP contribution >= 0.6 is 11.3 Å². The predicted octanol–water partition coefficient (Wildman–Crippen LogP) is 5.43. The smallest absolute Gasteiger partial charge is 0.164 e. The molecule has 0 saturated carbocycles. The lowest BCUT2D eigenvalue weighted by molar-refractivity contribution is 0.350. The molecule has 6 nitrogen and oxygen atoms in total. The molecule has 0 radical (unpaired) electrons. The minimum Gasteiger partial charge on any atom is -0.493 e. The van der Waals surface area contributed by atoms with Crippen molar-refractivity contribution in [2.24, 2.45) is 0 Å². The van der Waals surface area contributed by atoms with Crippen molar-refractivity contribution in [3.63, 3.8) is 0 Å². The SMILES string of the molecule is COc1cccc(C(CNc2ncnc3sccc23)c2c[nH]c3ccccc23)c1OC. The molecule has 0 aliphatic heterocycles. The number of para-hydroxylation sites is 2. The van der Waals surface area contributed by atoms with Gasteiger partial charge in [-0.05, 0) is 29.1 Å². The number of nitrogens with one attached hydrogen (secondary N) is 2. The molecule has 1 unspecified atom stereocenters. The number of anilines is 1. The number of benzene rings is 2. The topological polar surface area (TPSA) is 72.1 Å². The molecule has 7 heteroatoms. The summed E-state index contributed by atoms with van der Waals surface area (Å²) in [7, 11) is 3.34. The average Bonchev–Trinajstić information content (AvgIpc) is 3.47. The third-order valence-electron chi connectivity index (χ3n) is 5.54. The molecule has 31 heavy (non-hydrogen) atoms. The Hall–Kier alpha value is -3.58. The van der Waals surface area contributed by atoms with Crippen LogP contribution in [0.4, 0.5) is 5.82 Å². The highest BCUT2D eigenvalue weighted by atomic mass is 32.1. The molecule has 2 aromatic carbocycles. The van der Waals surface area contributed by atoms with Gasteiger partial charge < -0.3 is 19.8 Å². The third kappa shape index (κ3) is 3.47. The van der Waals surface area contributed by atoms with Crippen molar-refractivity contribution in [2.75, 3.05) is 26.1 Å². The fourth-order valence-electron chi connectivity index (χ4n) is 4.09. The van der Waals surface area contributed by atoms with Gasteiger partial charge in [-0.2, -0.15) is 0 Å². The van der Waals surface area contributed by atoms with E-state index in [1.807, 2.05) is 23.6 Å². The van der Waals surface area contributed by atoms with Gasteiger partial charge in [-0.1, -0.05) is 30.3 Å². The lowest BCUT2D eigenvalue weighted by Gasteiger charge is -2.22. The van der Waals surface area contributed by atoms with Crippen LogP contribution in [0.5, 0.6) is 11.5 Å². The second kappa shape index (κ2) is 8.28. The first kappa shape index (κ1) is 19.4. The second-order valence-electron chi connectivity index (χ2n) is 7.17. The zero-order valence-electron chi connectivity index (χ0n) is 17.3. The zero-order valence-corrected chi connectivity index (χ0v) is 18.1. The highest BCUT2D eigenvalue weighted by Crippen LogP contribution is 2.40. The van der Waals surface area contributed by atoms with Gasteiger partial charge in [-0.25, -0.2) is 9.97 Å². The number of aromatic amines is 1. The van der Waals surface area contributed by atoms with Gasteiger partial charge >= 0.3 is 0 Å². The summed E-state index contributed by atoms with van der Waals surface area (Å²) in [6.45, 7) is 0.632. The minimum atomic E-state index is 0.00449. The number of ether oxygens (including phenoxy) is 2. The Morgan fingerprint density at radius 3 is 2.74 bits per heavy atom. The number of fused-ring (bicyclic) bond motifs is 2. The Morgan fingerprint density at radius 2 is 1.87 bits per heavy atom. The molecule has 1 atom stereocenters. The van der Waals surface area contributed by atoms with E-state index >= 15 is 0 Å². The van der Waals surface area contributed by atoms with Crippen LogP contribution in [0.1, 0.15) is 17.0 Å². The van der Waals surface area contributed by atoms with Gasteiger partial charge in [-0.15, -0.1) is 11.3 Å². The molecule has 3 aromatic heterocycles. The maximum absolute atomic E-state index is 5.78. The van der Waals surface area contributed by atoms with Crippen LogP contribution in [0, 0.1) is 0 Å². The molecule has 156 valence electrons. The molecule has 3 heterocycles. The molecule has 0 amide bonds. The van der Waals surface area contributed by atoms with E-state index in [2.05, 4.69) is 56.8 Å². The number of hydrogen-bond acceptors (Lipinski definition) is 6. The van der Waals surface area contributed by atoms with Crippen LogP contribution in [0.25, 0.3) is 21.1 Å². The first-order valence-electron chi connectivity index (χ1n) is 9.99. The first-order chi connectivity index (χ1) is 15.3. The lowest BCUT2D eigenvalue weighted by atomic mass is 9.89. The van der Waals surface area contributed by atoms with Crippen LogP contribution < -0.4 is 14.8 Å². The van der Waals surface area contributed by atoms with Crippen LogP contribution in [-0.2, 0) is 0 Å². The molecule has 0 fully saturated rings. The van der Waals surface area contributed by atoms with Crippen molar-refractivity contribution < 1.29 is 9.47 Å². The Labute approximate surface area is 183 Å². The Bertz CT molecular complexity index is 1340. The maximum atomic E-state index is 5.78. The van der Waals surface area contributed by atoms with E-state index in [-0.39, 0.29) is 5.92 Å². The van der Waals surface area contributed by atoms with E-state index in [0.29, 0.717) is 12.3 Å². The molecule has 0 bridgehead atoms. The van der Waals surface area contributed by atoms with Crippen molar-refractivity contribution >= 4 is 38.3 Å². The van der Waals surface area contributed by atoms with E-state index in [9.17, 15) is 0 Å². The number of thiophene rings is 1. The molecule has 2 N–H and O–H groups in total. The van der Waals surface area contributed by atoms with E-state index in [4.69, 9.17) is 9.47 Å². The highest BCUT2D eigenvalue weighted by Gasteiger charge is 2.24. The predicted molar refractivity (Wildman–Crippen MR) is 126 cm³/mol. The molecular weight excluding hydrogens is 408 g/mol. The van der Waals surface area contributed by atoms with Gasteiger partial charge in [0.15, 0.2) is 11.5 Å². The molecule has 0 spiro atoms. The molecule has 0 saturated heterocycles. The van der Waals surface area contributed by atoms with Crippen molar-refractivity contribution in [2.45, 2.75) is 5.92 Å². The summed E-state index contributed by atoms with van der Waals surface area (Å²) >= 11 is 1.61. The van der Waals surface area contributed by atoms with E-state index in [1.165, 1.54) is 10.9 Å². The second-order valence-corrected chi connectivity index (χ2v) is 8.06. The largest absolute Gasteiger partial charge is 0.493 e. The van der Waals surface area contributed by atoms with Gasteiger partial charge in [-0.3, -0.25) is 0 Å². The number of H-pyrrole nitrogens is 1. The number of hydrogen-bond donors (Lipinski definition) is 2. The number of nitrogens with zero attached hydrogens (tertiary/aromatic N) is 2. The van der Waals surface area contributed by atoms with Crippen molar-refractivity contribution in [1.29, 1.82) is 0 Å². The summed E-state index contributed by atoms with van der Waals surface area (Å²) in [5.41, 5.74) is 3.34. The monoisotopic (exact) mass is 430 g/mol. The molecule has 0 aliphatic carbocycles. The quantitative estimate of drug-likeness (QED) is 0.360. The van der Waals surface area contributed by atoms with Gasteiger partial charge in [0, 0.05) is 35.1 Å². The summed E-state index contributed by atoms with van der Waals surface area (Å²) < 4.78 is 11.4. The maximum Gasteiger partial charge on any atom is 0.164 e. The Balaban J connectivity index is 1.61. The van der Waals surface area contributed by atoms with Gasteiger partial charge in [0.1, 0.15) is 17.0 Å². The Kier molecular flexibility index (Phi) is 5.18. The molecule has 0 aliphatic rings. The van der Waals surface area contributed by atoms with Crippen LogP contribution in [-0.4, -0.2) is 35.7 Å². The highest BCUT2D eigenvalue weighted by molar-refractivity contribution is 7.16. The van der Waals surface area contributed by atoms with Gasteiger partial charge in [0.2, 0.25) is 0 Å². The number of aromatic nitrogens is 3. The van der Waals surface area contributed by atoms with E-state index in [1.54, 1.807) is 31.9 Å². The lowest BCUT2D eigenvalue weighted by Crippen LogP contribution is -2.16. The van der Waals surface area contributed by atoms with Crippen LogP contribution in [0.3, 0.4) is 0 Å². The van der Waals surface area contributed by atoms with Crippen molar-refractivity contribution in [3.05, 3.63) is 77.6 Å². The standard InChI is InChI=1S/C24H22N4O2S/c1-29-21-9-5-7-16(22(21)30-2)19(18-12-25-20-8-4-3-6-15(18)20)13-26-23-17-10-11-31-24(17)28-14-27-23/h3-12,14,19,25H,13H2,1-2H3,(H,26,27,28). The summed E-state index contributed by atoms with van der Waals surface area (Å²) in [6, 6.07) is 16.4. The average molecular weight is 431 g/mol. The zero-order chi connectivity index (χ0) is 21.2. The Morgan fingerprint density at radius 1 is 0.968 bits per heavy atom. The summed E-state index contributed by atoms with van der Waals surface area (Å²) in [5.74, 6) is 2.29. The number of methoxy groups -OCH3 is 2. The van der Waals surface area contributed by atoms with E-state index in [0.717, 1.165) is 32.9 Å². The van der Waals surface area contributed by atoms with Crippen molar-refractivity contribution in [3.8, 4) is 11.5 Å². The first-order valence-corrected chi connectivity index (χ1v) is 10.9. The van der Waals surface area contributed by atoms with Crippen LogP contribution in [0.2, 0.25) is 0 Å². The summed E-state index contributed by atoms with van der Waals surface area (Å²) in [5, 5.41) is 7.81. The van der Waals surface area contributed by atoms with Gasteiger partial charge in [0.05, 0.1) is 19.6 Å². The van der Waals surface area contributed by atoms with E-state index < -0.39 is 0 Å². The third-order valence-corrected chi connectivity index (χ3v) is 6.36. The minimum absolute atomic E-state index is 0.00449. The summed E-state index contributed by atoms with van der Waals surface area (Å²) in [4.78, 5) is 13.2. The van der Waals surface area contributed by atoms with Crippen molar-refractivity contribution in [1.82, 2.24) is 15.0 Å². The van der Waals surface area contributed by atoms with Gasteiger partial charge in [0.25, 0.3) is 0 Å². The number of rotatable bonds is 7. The molecule has 5 rings (SSSR count). The molecular formula is C24H22N4O2S. The fraction of sp³-hybridized carbons (Fsp3) is 0.167. The summed E-state index contributed by atoms with van der Waals surface area (Å²) in [6.07, 6.45) is 3.68. The van der Waals surface area contributed by atoms with Crippen LogP contribution in [0.15, 0.2) is 66.4 Å².